The molecule has 0 bridgehead atoms. The molecule has 0 unspecified atom stereocenters. The van der Waals surface area contributed by atoms with Crippen molar-refractivity contribution >= 4 is 23.2 Å². The number of rotatable bonds is 1. The fraction of sp³-hybridized carbons (Fsp3) is 0. The van der Waals surface area contributed by atoms with Gasteiger partial charge in [0.1, 0.15) is 0 Å². The summed E-state index contributed by atoms with van der Waals surface area (Å²) in [5.74, 6) is 0. The van der Waals surface area contributed by atoms with Crippen LogP contribution in [0.1, 0.15) is 0 Å². The monoisotopic (exact) mass is 214 g/mol. The van der Waals surface area contributed by atoms with Gasteiger partial charge < -0.3 is 4.57 Å². The molecule has 4 nitrogen and oxygen atoms in total. The molecule has 0 aliphatic carbocycles. The second kappa shape index (κ2) is 3.32. The molecular weight excluding hydrogens is 211 g/mol. The van der Waals surface area contributed by atoms with Crippen molar-refractivity contribution in [3.63, 3.8) is 0 Å². The van der Waals surface area contributed by atoms with E-state index in [0.717, 1.165) is 0 Å². The smallest absolute Gasteiger partial charge is 0.175 e. The first-order valence-corrected chi connectivity index (χ1v) is 4.20. The molecule has 2 heterocycles. The average molecular weight is 215 g/mol. The number of nitrogens with zero attached hydrogens (tertiary/aromatic N) is 4. The summed E-state index contributed by atoms with van der Waals surface area (Å²) in [5, 5.41) is 7.86. The highest BCUT2D eigenvalue weighted by atomic mass is 35.5. The average Bonchev–Trinajstić information content (AvgIpc) is 2.61. The number of imidazole rings is 1. The Morgan fingerprint density at radius 1 is 1.23 bits per heavy atom. The number of halogens is 2. The van der Waals surface area contributed by atoms with Crippen LogP contribution in [0.25, 0.3) is 5.69 Å². The van der Waals surface area contributed by atoms with Crippen LogP contribution in [-0.4, -0.2) is 19.7 Å². The SMILES string of the molecule is Clc1cc(-n2ccnc2)c(Cl)nn1. The molecule has 2 rings (SSSR count). The van der Waals surface area contributed by atoms with Gasteiger partial charge in [0.2, 0.25) is 0 Å². The van der Waals surface area contributed by atoms with E-state index in [1.54, 1.807) is 29.4 Å². The van der Waals surface area contributed by atoms with E-state index in [1.807, 2.05) is 0 Å². The summed E-state index contributed by atoms with van der Waals surface area (Å²) in [5.41, 5.74) is 0.666. The Morgan fingerprint density at radius 2 is 2.08 bits per heavy atom. The third kappa shape index (κ3) is 1.64. The third-order valence-corrected chi connectivity index (χ3v) is 1.94. The lowest BCUT2D eigenvalue weighted by Gasteiger charge is -2.02. The van der Waals surface area contributed by atoms with E-state index in [1.165, 1.54) is 0 Å². The number of hydrogen-bond acceptors (Lipinski definition) is 3. The second-order valence-corrected chi connectivity index (χ2v) is 3.06. The van der Waals surface area contributed by atoms with Crippen LogP contribution >= 0.6 is 23.2 Å². The van der Waals surface area contributed by atoms with Crippen LogP contribution in [0.2, 0.25) is 10.3 Å². The fourth-order valence-electron chi connectivity index (χ4n) is 0.927. The molecular formula is C7H4Cl2N4. The summed E-state index contributed by atoms with van der Waals surface area (Å²) >= 11 is 11.5. The maximum Gasteiger partial charge on any atom is 0.175 e. The van der Waals surface area contributed by atoms with Crippen molar-refractivity contribution < 1.29 is 0 Å². The first-order valence-electron chi connectivity index (χ1n) is 3.44. The molecule has 13 heavy (non-hydrogen) atoms. The minimum atomic E-state index is 0.294. The van der Waals surface area contributed by atoms with Crippen molar-refractivity contribution in [2.45, 2.75) is 0 Å². The normalized spacial score (nSPS) is 10.3. The zero-order chi connectivity index (χ0) is 9.26. The summed E-state index contributed by atoms with van der Waals surface area (Å²) in [6, 6.07) is 1.62. The van der Waals surface area contributed by atoms with Gasteiger partial charge in [0.25, 0.3) is 0 Å². The molecule has 0 spiro atoms. The zero-order valence-corrected chi connectivity index (χ0v) is 7.87. The van der Waals surface area contributed by atoms with E-state index in [2.05, 4.69) is 15.2 Å². The molecule has 0 aromatic carbocycles. The molecule has 6 heteroatoms. The molecule has 0 aliphatic heterocycles. The second-order valence-electron chi connectivity index (χ2n) is 2.31. The first kappa shape index (κ1) is 8.47. The zero-order valence-electron chi connectivity index (χ0n) is 6.35. The van der Waals surface area contributed by atoms with Gasteiger partial charge in [-0.1, -0.05) is 23.2 Å². The predicted molar refractivity (Wildman–Crippen MR) is 49.2 cm³/mol. The molecule has 0 saturated carbocycles. The van der Waals surface area contributed by atoms with E-state index in [-0.39, 0.29) is 0 Å². The molecule has 0 aliphatic rings. The molecule has 0 atom stereocenters. The summed E-state index contributed by atoms with van der Waals surface area (Å²) < 4.78 is 1.71. The summed E-state index contributed by atoms with van der Waals surface area (Å²) in [7, 11) is 0. The van der Waals surface area contributed by atoms with Gasteiger partial charge in [-0.25, -0.2) is 4.98 Å². The van der Waals surface area contributed by atoms with E-state index in [0.29, 0.717) is 16.0 Å². The van der Waals surface area contributed by atoms with Crippen LogP contribution in [0.15, 0.2) is 24.8 Å². The van der Waals surface area contributed by atoms with Crippen LogP contribution < -0.4 is 0 Å². The van der Waals surface area contributed by atoms with Crippen LogP contribution in [-0.2, 0) is 0 Å². The molecule has 0 N–H and O–H groups in total. The summed E-state index contributed by atoms with van der Waals surface area (Å²) in [6.45, 7) is 0. The summed E-state index contributed by atoms with van der Waals surface area (Å²) in [6.07, 6.45) is 5.00. The number of hydrogen-bond donors (Lipinski definition) is 0. The van der Waals surface area contributed by atoms with Gasteiger partial charge in [0.05, 0.1) is 12.0 Å². The molecule has 0 amide bonds. The van der Waals surface area contributed by atoms with Crippen LogP contribution in [0, 0.1) is 0 Å². The van der Waals surface area contributed by atoms with Crippen molar-refractivity contribution in [3.8, 4) is 5.69 Å². The van der Waals surface area contributed by atoms with Gasteiger partial charge in [-0.15, -0.1) is 10.2 Å². The molecule has 0 fully saturated rings. The van der Waals surface area contributed by atoms with Gasteiger partial charge in [-0.3, -0.25) is 0 Å². The Bertz CT molecular complexity index is 412. The fourth-order valence-corrected chi connectivity index (χ4v) is 1.26. The highest BCUT2D eigenvalue weighted by Gasteiger charge is 2.04. The van der Waals surface area contributed by atoms with Gasteiger partial charge in [0, 0.05) is 18.5 Å². The maximum absolute atomic E-state index is 5.81. The quantitative estimate of drug-likeness (QED) is 0.730. The molecule has 2 aromatic heterocycles. The molecule has 0 saturated heterocycles. The van der Waals surface area contributed by atoms with Crippen molar-refractivity contribution in [1.82, 2.24) is 19.7 Å². The van der Waals surface area contributed by atoms with Crippen molar-refractivity contribution in [1.29, 1.82) is 0 Å². The first-order chi connectivity index (χ1) is 6.27. The lowest BCUT2D eigenvalue weighted by atomic mass is 10.5. The Kier molecular flexibility index (Phi) is 2.16. The highest BCUT2D eigenvalue weighted by Crippen LogP contribution is 2.18. The van der Waals surface area contributed by atoms with E-state index in [9.17, 15) is 0 Å². The lowest BCUT2D eigenvalue weighted by Crippen LogP contribution is -1.95. The predicted octanol–water partition coefficient (Wildman–Crippen LogP) is 1.97. The van der Waals surface area contributed by atoms with Gasteiger partial charge in [0.15, 0.2) is 10.3 Å². The molecule has 66 valence electrons. The Hall–Kier alpha value is -1.13. The van der Waals surface area contributed by atoms with Gasteiger partial charge in [-0.05, 0) is 0 Å². The van der Waals surface area contributed by atoms with Crippen LogP contribution in [0.4, 0.5) is 0 Å². The number of aromatic nitrogens is 4. The van der Waals surface area contributed by atoms with Crippen LogP contribution in [0.5, 0.6) is 0 Å². The van der Waals surface area contributed by atoms with Crippen LogP contribution in [0.3, 0.4) is 0 Å². The highest BCUT2D eigenvalue weighted by molar-refractivity contribution is 6.32. The standard InChI is InChI=1S/C7H4Cl2N4/c8-6-3-5(7(9)12-11-6)13-2-1-10-4-13/h1-4H. The third-order valence-electron chi connectivity index (χ3n) is 1.48. The maximum atomic E-state index is 5.81. The van der Waals surface area contributed by atoms with Gasteiger partial charge >= 0.3 is 0 Å². The van der Waals surface area contributed by atoms with Gasteiger partial charge in [-0.2, -0.15) is 0 Å². The molecule has 0 radical (unpaired) electrons. The Balaban J connectivity index is 2.57. The van der Waals surface area contributed by atoms with E-state index >= 15 is 0 Å². The molecule has 2 aromatic rings. The Labute approximate surface area is 84.1 Å². The Morgan fingerprint density at radius 3 is 2.77 bits per heavy atom. The minimum absolute atomic E-state index is 0.294. The lowest BCUT2D eigenvalue weighted by molar-refractivity contribution is 0.971. The summed E-state index contributed by atoms with van der Waals surface area (Å²) in [4.78, 5) is 3.88. The largest absolute Gasteiger partial charge is 0.303 e. The van der Waals surface area contributed by atoms with Crippen molar-refractivity contribution in [2.24, 2.45) is 0 Å². The van der Waals surface area contributed by atoms with E-state index in [4.69, 9.17) is 23.2 Å². The van der Waals surface area contributed by atoms with Crippen molar-refractivity contribution in [2.75, 3.05) is 0 Å². The topological polar surface area (TPSA) is 43.6 Å². The van der Waals surface area contributed by atoms with Crippen molar-refractivity contribution in [3.05, 3.63) is 35.1 Å². The minimum Gasteiger partial charge on any atom is -0.303 e. The van der Waals surface area contributed by atoms with E-state index < -0.39 is 0 Å².